The van der Waals surface area contributed by atoms with Gasteiger partial charge in [0.1, 0.15) is 11.6 Å². The minimum absolute atomic E-state index is 0.184. The number of rotatable bonds is 9. The van der Waals surface area contributed by atoms with E-state index in [0.717, 1.165) is 61.0 Å². The van der Waals surface area contributed by atoms with Gasteiger partial charge in [-0.3, -0.25) is 9.62 Å². The molecule has 3 aromatic carbocycles. The molecule has 0 radical (unpaired) electrons. The molecule has 0 aliphatic carbocycles. The van der Waals surface area contributed by atoms with Crippen LogP contribution in [0.5, 0.6) is 0 Å². The van der Waals surface area contributed by atoms with Crippen molar-refractivity contribution in [3.63, 3.8) is 0 Å². The van der Waals surface area contributed by atoms with E-state index in [1.807, 2.05) is 36.4 Å². The van der Waals surface area contributed by atoms with Gasteiger partial charge in [0.2, 0.25) is 10.0 Å². The molecule has 1 unspecified atom stereocenters. The van der Waals surface area contributed by atoms with Gasteiger partial charge in [-0.2, -0.15) is 0 Å². The first-order valence-electron chi connectivity index (χ1n) is 11.3. The average Bonchev–Trinajstić information content (AvgIpc) is 2.77. The van der Waals surface area contributed by atoms with Crippen molar-refractivity contribution in [3.8, 4) is 0 Å². The molecule has 34 heavy (non-hydrogen) atoms. The van der Waals surface area contributed by atoms with E-state index in [-0.39, 0.29) is 17.7 Å². The van der Waals surface area contributed by atoms with Crippen LogP contribution in [0.25, 0.3) is 0 Å². The van der Waals surface area contributed by atoms with Gasteiger partial charge in [0.25, 0.3) is 0 Å². The Morgan fingerprint density at radius 2 is 1.71 bits per heavy atom. The Balaban J connectivity index is 1.39. The molecule has 0 bridgehead atoms. The predicted molar refractivity (Wildman–Crippen MR) is 131 cm³/mol. The monoisotopic (exact) mass is 485 g/mol. The number of fused-ring (bicyclic) bond motifs is 1. The second-order valence-corrected chi connectivity index (χ2v) is 10.6. The van der Waals surface area contributed by atoms with E-state index in [4.69, 9.17) is 0 Å². The van der Waals surface area contributed by atoms with E-state index in [0.29, 0.717) is 12.2 Å². The van der Waals surface area contributed by atoms with Gasteiger partial charge in [0, 0.05) is 37.9 Å². The molecular weight excluding hydrogens is 456 g/mol. The van der Waals surface area contributed by atoms with E-state index in [9.17, 15) is 17.2 Å². The van der Waals surface area contributed by atoms with Gasteiger partial charge < -0.3 is 5.32 Å². The fraction of sp³-hybridized carbons (Fsp3) is 0.308. The fourth-order valence-electron chi connectivity index (χ4n) is 4.44. The molecule has 2 N–H and O–H groups in total. The smallest absolute Gasteiger partial charge is 0.229 e. The summed E-state index contributed by atoms with van der Waals surface area (Å²) in [6.07, 6.45) is 2.63. The molecule has 8 heteroatoms. The van der Waals surface area contributed by atoms with Gasteiger partial charge in [0.05, 0.1) is 6.26 Å². The zero-order valence-electron chi connectivity index (χ0n) is 19.1. The number of hydrogen-bond acceptors (Lipinski definition) is 4. The maximum absolute atomic E-state index is 13.8. The maximum atomic E-state index is 13.8. The van der Waals surface area contributed by atoms with Gasteiger partial charge in [-0.25, -0.2) is 17.2 Å². The van der Waals surface area contributed by atoms with Crippen LogP contribution in [-0.4, -0.2) is 38.7 Å². The second kappa shape index (κ2) is 10.6. The lowest BCUT2D eigenvalue weighted by atomic mass is 9.90. The normalized spacial score (nSPS) is 16.3. The van der Waals surface area contributed by atoms with Crippen LogP contribution in [0.15, 0.2) is 66.7 Å². The first kappa shape index (κ1) is 24.3. The number of nitrogens with one attached hydrogen (secondary N) is 2. The Morgan fingerprint density at radius 3 is 2.47 bits per heavy atom. The number of anilines is 1. The Morgan fingerprint density at radius 1 is 0.941 bits per heavy atom. The average molecular weight is 486 g/mol. The van der Waals surface area contributed by atoms with Crippen molar-refractivity contribution >= 4 is 15.7 Å². The van der Waals surface area contributed by atoms with Crippen LogP contribution in [0.1, 0.15) is 22.3 Å². The van der Waals surface area contributed by atoms with Crippen LogP contribution in [0, 0.1) is 11.6 Å². The van der Waals surface area contributed by atoms with Gasteiger partial charge in [0.15, 0.2) is 0 Å². The number of halogens is 2. The molecule has 0 amide bonds. The lowest BCUT2D eigenvalue weighted by molar-refractivity contribution is 0.170. The Hall–Kier alpha value is -2.81. The predicted octanol–water partition coefficient (Wildman–Crippen LogP) is 4.10. The molecule has 0 spiro atoms. The quantitative estimate of drug-likeness (QED) is 0.448. The summed E-state index contributed by atoms with van der Waals surface area (Å²) >= 11 is 0. The molecule has 1 aliphatic rings. The molecule has 0 aromatic heterocycles. The van der Waals surface area contributed by atoms with E-state index in [1.54, 1.807) is 12.1 Å². The van der Waals surface area contributed by atoms with Crippen LogP contribution in [-0.2, 0) is 36.0 Å². The third kappa shape index (κ3) is 6.85. The summed E-state index contributed by atoms with van der Waals surface area (Å²) in [5.41, 5.74) is 4.75. The minimum Gasteiger partial charge on any atom is -0.311 e. The second-order valence-electron chi connectivity index (χ2n) is 8.82. The van der Waals surface area contributed by atoms with Crippen molar-refractivity contribution in [2.45, 2.75) is 32.0 Å². The van der Waals surface area contributed by atoms with Gasteiger partial charge >= 0.3 is 0 Å². The lowest BCUT2D eigenvalue weighted by Crippen LogP contribution is -2.44. The van der Waals surface area contributed by atoms with Crippen LogP contribution in [0.2, 0.25) is 0 Å². The third-order valence-electron chi connectivity index (χ3n) is 6.03. The van der Waals surface area contributed by atoms with E-state index >= 15 is 0 Å². The summed E-state index contributed by atoms with van der Waals surface area (Å²) in [5, 5.41) is 3.44. The minimum atomic E-state index is -3.32. The van der Waals surface area contributed by atoms with Crippen molar-refractivity contribution in [2.24, 2.45) is 0 Å². The standard InChI is InChI=1S/C26H29F2N3O2S/c1-34(32,33)30-25-4-2-3-20(13-25)17-29-11-12-31-18-21-7-10-24(28)15-22(21)16-26(31)14-19-5-8-23(27)9-6-19/h2-10,13,15,26,29-30H,11-12,14,16-18H2,1H3. The molecule has 180 valence electrons. The summed E-state index contributed by atoms with van der Waals surface area (Å²) in [7, 11) is -3.32. The highest BCUT2D eigenvalue weighted by molar-refractivity contribution is 7.92. The molecular formula is C26H29F2N3O2S. The van der Waals surface area contributed by atoms with Crippen LogP contribution in [0.3, 0.4) is 0 Å². The first-order chi connectivity index (χ1) is 16.2. The molecule has 1 heterocycles. The first-order valence-corrected chi connectivity index (χ1v) is 13.2. The summed E-state index contributed by atoms with van der Waals surface area (Å²) in [6.45, 7) is 2.87. The Labute approximate surface area is 199 Å². The number of hydrogen-bond donors (Lipinski definition) is 2. The highest BCUT2D eigenvalue weighted by atomic mass is 32.2. The number of benzene rings is 3. The molecule has 1 aliphatic heterocycles. The van der Waals surface area contributed by atoms with Crippen molar-refractivity contribution in [1.29, 1.82) is 0 Å². The molecule has 5 nitrogen and oxygen atoms in total. The van der Waals surface area contributed by atoms with Crippen molar-refractivity contribution < 1.29 is 17.2 Å². The summed E-state index contributed by atoms with van der Waals surface area (Å²) < 4.78 is 52.6. The SMILES string of the molecule is CS(=O)(=O)Nc1cccc(CNCCN2Cc3ccc(F)cc3CC2Cc2ccc(F)cc2)c1. The van der Waals surface area contributed by atoms with Gasteiger partial charge in [-0.1, -0.05) is 30.3 Å². The van der Waals surface area contributed by atoms with Crippen molar-refractivity contribution in [3.05, 3.63) is 101 Å². The highest BCUT2D eigenvalue weighted by Crippen LogP contribution is 2.26. The molecule has 0 saturated heterocycles. The summed E-state index contributed by atoms with van der Waals surface area (Å²) in [5.74, 6) is -0.473. The molecule has 3 aromatic rings. The molecule has 0 fully saturated rings. The largest absolute Gasteiger partial charge is 0.311 e. The van der Waals surface area contributed by atoms with E-state index in [2.05, 4.69) is 14.9 Å². The zero-order chi connectivity index (χ0) is 24.1. The van der Waals surface area contributed by atoms with Gasteiger partial charge in [-0.05, 0) is 71.5 Å². The van der Waals surface area contributed by atoms with E-state index < -0.39 is 10.0 Å². The third-order valence-corrected chi connectivity index (χ3v) is 6.64. The van der Waals surface area contributed by atoms with E-state index in [1.165, 1.54) is 18.2 Å². The zero-order valence-corrected chi connectivity index (χ0v) is 19.9. The number of nitrogens with zero attached hydrogens (tertiary/aromatic N) is 1. The fourth-order valence-corrected chi connectivity index (χ4v) is 4.99. The summed E-state index contributed by atoms with van der Waals surface area (Å²) in [4.78, 5) is 2.39. The molecule has 4 rings (SSSR count). The molecule has 1 atom stereocenters. The van der Waals surface area contributed by atoms with Crippen LogP contribution in [0.4, 0.5) is 14.5 Å². The van der Waals surface area contributed by atoms with Crippen LogP contribution >= 0.6 is 0 Å². The topological polar surface area (TPSA) is 61.4 Å². The van der Waals surface area contributed by atoms with Gasteiger partial charge in [-0.15, -0.1) is 0 Å². The highest BCUT2D eigenvalue weighted by Gasteiger charge is 2.26. The van der Waals surface area contributed by atoms with Crippen molar-refractivity contribution in [1.82, 2.24) is 10.2 Å². The maximum Gasteiger partial charge on any atom is 0.229 e. The summed E-state index contributed by atoms with van der Waals surface area (Å²) in [6, 6.07) is 19.1. The molecule has 0 saturated carbocycles. The lowest BCUT2D eigenvalue weighted by Gasteiger charge is -2.37. The Bertz CT molecular complexity index is 1230. The number of sulfonamides is 1. The van der Waals surface area contributed by atoms with Crippen molar-refractivity contribution in [2.75, 3.05) is 24.1 Å². The Kier molecular flexibility index (Phi) is 7.60. The van der Waals surface area contributed by atoms with Crippen LogP contribution < -0.4 is 10.0 Å².